The summed E-state index contributed by atoms with van der Waals surface area (Å²) in [5.41, 5.74) is 9.12. The van der Waals surface area contributed by atoms with Crippen LogP contribution in [0.4, 0.5) is 5.69 Å². The Balaban J connectivity index is 0.000000412. The lowest BCUT2D eigenvalue weighted by molar-refractivity contribution is 0.565. The number of aliphatic imine (C=N–C) groups is 1. The van der Waals surface area contributed by atoms with E-state index in [0.29, 0.717) is 0 Å². The molecule has 0 aromatic heterocycles. The molecule has 0 fully saturated rings. The van der Waals surface area contributed by atoms with Gasteiger partial charge < -0.3 is 0 Å². The molecule has 0 saturated carbocycles. The number of nitrogens with zero attached hydrogens (tertiary/aromatic N) is 1. The van der Waals surface area contributed by atoms with Crippen LogP contribution in [0, 0.1) is 20.8 Å². The zero-order chi connectivity index (χ0) is 23.2. The van der Waals surface area contributed by atoms with Crippen LogP contribution in [0.2, 0.25) is 0 Å². The second-order valence-electron chi connectivity index (χ2n) is 10.4. The topological polar surface area (TPSA) is 12.4 Å². The second-order valence-corrected chi connectivity index (χ2v) is 10.4. The number of benzene rings is 3. The molecule has 3 aromatic carbocycles. The average molecular weight is 414 g/mol. The van der Waals surface area contributed by atoms with Crippen LogP contribution in [-0.2, 0) is 10.8 Å². The third kappa shape index (κ3) is 7.21. The number of para-hydroxylation sites is 1. The molecule has 0 bridgehead atoms. The first-order valence-corrected chi connectivity index (χ1v) is 11.2. The molecule has 3 aromatic rings. The van der Waals surface area contributed by atoms with Crippen molar-refractivity contribution >= 4 is 11.9 Å². The minimum absolute atomic E-state index is 0.122. The molecule has 0 aliphatic heterocycles. The average Bonchev–Trinajstić information content (AvgIpc) is 2.67. The van der Waals surface area contributed by atoms with Crippen molar-refractivity contribution in [2.45, 2.75) is 73.1 Å². The molecular weight excluding hydrogens is 374 g/mol. The van der Waals surface area contributed by atoms with Crippen LogP contribution in [0.15, 0.2) is 71.7 Å². The highest BCUT2D eigenvalue weighted by Crippen LogP contribution is 2.33. The van der Waals surface area contributed by atoms with Gasteiger partial charge in [0.2, 0.25) is 0 Å². The maximum Gasteiger partial charge on any atom is 0.0659 e. The zero-order valence-electron chi connectivity index (χ0n) is 20.9. The van der Waals surface area contributed by atoms with E-state index in [9.17, 15) is 0 Å². The van der Waals surface area contributed by atoms with E-state index in [2.05, 4.69) is 105 Å². The van der Waals surface area contributed by atoms with Gasteiger partial charge in [0.05, 0.1) is 5.69 Å². The molecule has 1 nitrogen and oxygen atoms in total. The van der Waals surface area contributed by atoms with Crippen LogP contribution >= 0.6 is 0 Å². The van der Waals surface area contributed by atoms with Gasteiger partial charge >= 0.3 is 0 Å². The van der Waals surface area contributed by atoms with E-state index in [1.54, 1.807) is 0 Å². The maximum absolute atomic E-state index is 4.76. The van der Waals surface area contributed by atoms with E-state index in [-0.39, 0.29) is 10.8 Å². The minimum Gasteiger partial charge on any atom is -0.256 e. The first-order valence-electron chi connectivity index (χ1n) is 11.2. The molecule has 0 N–H and O–H groups in total. The molecule has 0 radical (unpaired) electrons. The summed E-state index contributed by atoms with van der Waals surface area (Å²) in [7, 11) is 0. The van der Waals surface area contributed by atoms with Gasteiger partial charge in [0.25, 0.3) is 0 Å². The van der Waals surface area contributed by atoms with Gasteiger partial charge in [0.15, 0.2) is 0 Å². The van der Waals surface area contributed by atoms with Gasteiger partial charge in [-0.2, -0.15) is 0 Å². The maximum atomic E-state index is 4.76. The van der Waals surface area contributed by atoms with Crippen molar-refractivity contribution in [3.63, 3.8) is 0 Å². The van der Waals surface area contributed by atoms with Crippen LogP contribution < -0.4 is 0 Å². The highest BCUT2D eigenvalue weighted by atomic mass is 14.7. The van der Waals surface area contributed by atoms with Gasteiger partial charge in [-0.15, -0.1) is 0 Å². The fraction of sp³-hybridized carbons (Fsp3) is 0.367. The smallest absolute Gasteiger partial charge is 0.0659 e. The molecule has 0 amide bonds. The Labute approximate surface area is 190 Å². The molecule has 31 heavy (non-hydrogen) atoms. The molecule has 0 saturated heterocycles. The van der Waals surface area contributed by atoms with E-state index < -0.39 is 0 Å². The van der Waals surface area contributed by atoms with E-state index >= 15 is 0 Å². The fourth-order valence-corrected chi connectivity index (χ4v) is 3.46. The molecule has 0 aliphatic carbocycles. The normalized spacial score (nSPS) is 11.9. The summed E-state index contributed by atoms with van der Waals surface area (Å²) >= 11 is 0. The highest BCUT2D eigenvalue weighted by molar-refractivity contribution is 5.85. The van der Waals surface area contributed by atoms with Crippen molar-refractivity contribution in [1.82, 2.24) is 0 Å². The number of hydrogen-bond acceptors (Lipinski definition) is 1. The molecular formula is C30H39N. The fourth-order valence-electron chi connectivity index (χ4n) is 3.46. The third-order valence-electron chi connectivity index (χ3n) is 5.52. The summed E-state index contributed by atoms with van der Waals surface area (Å²) in [5.74, 6) is 0. The third-order valence-corrected chi connectivity index (χ3v) is 5.52. The lowest BCUT2D eigenvalue weighted by Crippen LogP contribution is -2.19. The predicted octanol–water partition coefficient (Wildman–Crippen LogP) is 8.64. The second kappa shape index (κ2) is 10.1. The standard InChI is InChI=1S/C23H31N.C7H8/c1-16-11-9-10-12-21(16)24-15-18-13-19(22(3,4)5)14-20(17(18)2)23(6,7)8;1-7-5-3-2-4-6-7/h9-15H,1-8H3;2-6H,1H3. The Kier molecular flexibility index (Phi) is 8.01. The molecule has 0 spiro atoms. The summed E-state index contributed by atoms with van der Waals surface area (Å²) in [6.45, 7) is 20.1. The molecule has 0 unspecified atom stereocenters. The van der Waals surface area contributed by atoms with Crippen molar-refractivity contribution < 1.29 is 0 Å². The number of hydrogen-bond donors (Lipinski definition) is 0. The van der Waals surface area contributed by atoms with Crippen LogP contribution in [0.25, 0.3) is 0 Å². The largest absolute Gasteiger partial charge is 0.256 e. The quantitative estimate of drug-likeness (QED) is 0.373. The summed E-state index contributed by atoms with van der Waals surface area (Å²) in [5, 5.41) is 0. The molecule has 3 rings (SSSR count). The van der Waals surface area contributed by atoms with E-state index in [4.69, 9.17) is 4.99 Å². The summed E-state index contributed by atoms with van der Waals surface area (Å²) in [6.07, 6.45) is 2.03. The van der Waals surface area contributed by atoms with Crippen molar-refractivity contribution in [3.8, 4) is 0 Å². The number of aryl methyl sites for hydroxylation is 2. The lowest BCUT2D eigenvalue weighted by atomic mass is 9.77. The Bertz CT molecular complexity index is 1010. The van der Waals surface area contributed by atoms with E-state index in [1.165, 1.54) is 33.4 Å². The molecule has 1 heteroatoms. The first kappa shape index (κ1) is 24.6. The van der Waals surface area contributed by atoms with Crippen LogP contribution in [0.1, 0.15) is 74.9 Å². The van der Waals surface area contributed by atoms with Crippen molar-refractivity contribution in [3.05, 3.63) is 100 Å². The van der Waals surface area contributed by atoms with Crippen LogP contribution in [-0.4, -0.2) is 6.21 Å². The Hall–Kier alpha value is -2.67. The predicted molar refractivity (Wildman–Crippen MR) is 138 cm³/mol. The van der Waals surface area contributed by atoms with E-state index in [0.717, 1.165) is 5.69 Å². The highest BCUT2D eigenvalue weighted by Gasteiger charge is 2.22. The zero-order valence-corrected chi connectivity index (χ0v) is 20.9. The Morgan fingerprint density at radius 2 is 1.26 bits per heavy atom. The summed E-state index contributed by atoms with van der Waals surface area (Å²) < 4.78 is 0. The molecule has 0 aliphatic rings. The molecule has 0 heterocycles. The summed E-state index contributed by atoms with van der Waals surface area (Å²) in [6, 6.07) is 23.2. The Morgan fingerprint density at radius 1 is 0.677 bits per heavy atom. The molecule has 0 atom stereocenters. The van der Waals surface area contributed by atoms with Crippen LogP contribution in [0.3, 0.4) is 0 Å². The van der Waals surface area contributed by atoms with E-state index in [1.807, 2.05) is 30.5 Å². The van der Waals surface area contributed by atoms with Gasteiger partial charge in [-0.05, 0) is 71.6 Å². The van der Waals surface area contributed by atoms with Crippen molar-refractivity contribution in [2.75, 3.05) is 0 Å². The van der Waals surface area contributed by atoms with Crippen molar-refractivity contribution in [2.24, 2.45) is 4.99 Å². The van der Waals surface area contributed by atoms with Crippen LogP contribution in [0.5, 0.6) is 0 Å². The first-order chi connectivity index (χ1) is 14.4. The van der Waals surface area contributed by atoms with Gasteiger partial charge in [-0.1, -0.05) is 102 Å². The Morgan fingerprint density at radius 3 is 1.74 bits per heavy atom. The SMILES string of the molecule is Cc1ccccc1.Cc1ccccc1N=Cc1cc(C(C)(C)C)cc(C(C)(C)C)c1C. The minimum atomic E-state index is 0.122. The number of rotatable bonds is 2. The monoisotopic (exact) mass is 413 g/mol. The lowest BCUT2D eigenvalue weighted by Gasteiger charge is -2.28. The van der Waals surface area contributed by atoms with Gasteiger partial charge in [0.1, 0.15) is 0 Å². The van der Waals surface area contributed by atoms with Gasteiger partial charge in [-0.3, -0.25) is 4.99 Å². The van der Waals surface area contributed by atoms with Gasteiger partial charge in [0, 0.05) is 6.21 Å². The molecule has 164 valence electrons. The van der Waals surface area contributed by atoms with Gasteiger partial charge in [-0.25, -0.2) is 0 Å². The van der Waals surface area contributed by atoms with Crippen molar-refractivity contribution in [1.29, 1.82) is 0 Å². The summed E-state index contributed by atoms with van der Waals surface area (Å²) in [4.78, 5) is 4.76.